The van der Waals surface area contributed by atoms with Gasteiger partial charge in [0.15, 0.2) is 0 Å². The van der Waals surface area contributed by atoms with Crippen LogP contribution in [0.5, 0.6) is 0 Å². The van der Waals surface area contributed by atoms with Gasteiger partial charge in [0, 0.05) is 18.7 Å². The lowest BCUT2D eigenvalue weighted by Crippen LogP contribution is -2.35. The summed E-state index contributed by atoms with van der Waals surface area (Å²) < 4.78 is 1.53. The molecule has 0 spiro atoms. The third kappa shape index (κ3) is 3.37. The van der Waals surface area contributed by atoms with E-state index in [0.717, 1.165) is 42.5 Å². The van der Waals surface area contributed by atoms with E-state index in [1.807, 2.05) is 19.9 Å². The van der Waals surface area contributed by atoms with Gasteiger partial charge in [0.05, 0.1) is 35.1 Å². The number of aromatic amines is 1. The zero-order chi connectivity index (χ0) is 20.5. The number of H-pyrrole nitrogens is 1. The Morgan fingerprint density at radius 1 is 1.38 bits per heavy atom. The summed E-state index contributed by atoms with van der Waals surface area (Å²) in [6, 6.07) is 2.33. The van der Waals surface area contributed by atoms with Crippen molar-refractivity contribution >= 4 is 5.91 Å². The fourth-order valence-electron chi connectivity index (χ4n) is 4.15. The molecule has 4 rings (SSSR count). The minimum atomic E-state index is -0.123. The largest absolute Gasteiger partial charge is 0.334 e. The third-order valence-electron chi connectivity index (χ3n) is 5.91. The molecule has 150 valence electrons. The maximum Gasteiger partial charge on any atom is 0.257 e. The Morgan fingerprint density at radius 3 is 2.90 bits per heavy atom. The Morgan fingerprint density at radius 2 is 2.21 bits per heavy atom. The van der Waals surface area contributed by atoms with Gasteiger partial charge in [-0.25, -0.2) is 9.67 Å². The number of rotatable bonds is 4. The molecule has 8 nitrogen and oxygen atoms in total. The van der Waals surface area contributed by atoms with Gasteiger partial charge in [-0.3, -0.25) is 14.6 Å². The molecular weight excluding hydrogens is 368 g/mol. The minimum Gasteiger partial charge on any atom is -0.334 e. The van der Waals surface area contributed by atoms with Crippen LogP contribution in [0.15, 0.2) is 22.6 Å². The highest BCUT2D eigenvalue weighted by atomic mass is 16.2. The molecule has 2 aromatic rings. The number of aromatic nitrogens is 4. The van der Waals surface area contributed by atoms with Crippen LogP contribution in [0, 0.1) is 24.2 Å². The van der Waals surface area contributed by atoms with Crippen molar-refractivity contribution in [1.29, 1.82) is 5.26 Å². The van der Waals surface area contributed by atoms with Gasteiger partial charge in [-0.05, 0) is 39.0 Å². The quantitative estimate of drug-likeness (QED) is 0.802. The summed E-state index contributed by atoms with van der Waals surface area (Å²) in [4.78, 5) is 34.4. The molecule has 0 saturated carbocycles. The molecule has 0 radical (unpaired) electrons. The van der Waals surface area contributed by atoms with Gasteiger partial charge in [-0.15, -0.1) is 0 Å². The number of carbonyl (C=O) groups excluding carboxylic acids is 1. The van der Waals surface area contributed by atoms with Gasteiger partial charge in [0.2, 0.25) is 5.95 Å². The van der Waals surface area contributed by atoms with Crippen molar-refractivity contribution in [2.45, 2.75) is 46.0 Å². The molecule has 1 amide bonds. The smallest absolute Gasteiger partial charge is 0.257 e. The molecule has 3 heterocycles. The Balaban J connectivity index is 1.57. The summed E-state index contributed by atoms with van der Waals surface area (Å²) in [7, 11) is 0. The Labute approximate surface area is 168 Å². The maximum absolute atomic E-state index is 13.0. The van der Waals surface area contributed by atoms with E-state index in [4.69, 9.17) is 0 Å². The Hall–Kier alpha value is -3.21. The van der Waals surface area contributed by atoms with Crippen molar-refractivity contribution < 1.29 is 4.79 Å². The molecule has 1 aliphatic carbocycles. The summed E-state index contributed by atoms with van der Waals surface area (Å²) in [6.45, 7) is 4.88. The standard InChI is InChI=1S/C21H24N6O2/c1-3-14(11-22)15-7-9-26(10-8-15)20(29)17-12-23-27(13(17)2)21-24-18-6-4-5-16(18)19(28)25-21/h7,12,14H,3-6,8-10H2,1-2H3,(H,24,25,28). The number of nitrogens with one attached hydrogen (secondary N) is 1. The van der Waals surface area contributed by atoms with Crippen LogP contribution in [0.25, 0.3) is 5.95 Å². The van der Waals surface area contributed by atoms with Gasteiger partial charge >= 0.3 is 0 Å². The van der Waals surface area contributed by atoms with Crippen LogP contribution in [0.2, 0.25) is 0 Å². The van der Waals surface area contributed by atoms with E-state index in [9.17, 15) is 14.9 Å². The van der Waals surface area contributed by atoms with Crippen LogP contribution in [0.4, 0.5) is 0 Å². The number of nitrogens with zero attached hydrogens (tertiary/aromatic N) is 5. The predicted octanol–water partition coefficient (Wildman–Crippen LogP) is 2.07. The second-order valence-corrected chi connectivity index (χ2v) is 7.59. The summed E-state index contributed by atoms with van der Waals surface area (Å²) in [5.74, 6) is 0.185. The molecule has 1 atom stereocenters. The first-order valence-electron chi connectivity index (χ1n) is 10.1. The van der Waals surface area contributed by atoms with Crippen molar-refractivity contribution in [1.82, 2.24) is 24.6 Å². The predicted molar refractivity (Wildman–Crippen MR) is 107 cm³/mol. The number of hydrogen-bond donors (Lipinski definition) is 1. The molecule has 1 unspecified atom stereocenters. The first-order valence-corrected chi connectivity index (χ1v) is 10.1. The van der Waals surface area contributed by atoms with E-state index in [1.54, 1.807) is 4.90 Å². The van der Waals surface area contributed by atoms with E-state index in [0.29, 0.717) is 36.7 Å². The molecule has 1 aliphatic heterocycles. The Kier molecular flexibility index (Phi) is 5.05. The summed E-state index contributed by atoms with van der Waals surface area (Å²) in [6.07, 6.45) is 7.52. The zero-order valence-electron chi connectivity index (χ0n) is 16.7. The van der Waals surface area contributed by atoms with Crippen LogP contribution >= 0.6 is 0 Å². The maximum atomic E-state index is 13.0. The summed E-state index contributed by atoms with van der Waals surface area (Å²) in [5, 5.41) is 13.6. The lowest BCUT2D eigenvalue weighted by atomic mass is 9.92. The van der Waals surface area contributed by atoms with Crippen molar-refractivity contribution in [3.8, 4) is 12.0 Å². The van der Waals surface area contributed by atoms with Gasteiger partial charge in [0.1, 0.15) is 0 Å². The number of carbonyl (C=O) groups is 1. The molecule has 2 aliphatic rings. The van der Waals surface area contributed by atoms with E-state index in [2.05, 4.69) is 21.1 Å². The highest BCUT2D eigenvalue weighted by Gasteiger charge is 2.26. The van der Waals surface area contributed by atoms with Crippen LogP contribution in [0.1, 0.15) is 53.5 Å². The summed E-state index contributed by atoms with van der Waals surface area (Å²) in [5.41, 5.74) is 3.72. The number of nitriles is 1. The molecule has 1 N–H and O–H groups in total. The zero-order valence-corrected chi connectivity index (χ0v) is 16.7. The van der Waals surface area contributed by atoms with Crippen LogP contribution in [-0.4, -0.2) is 43.6 Å². The van der Waals surface area contributed by atoms with Crippen LogP contribution in [-0.2, 0) is 12.8 Å². The molecule has 0 fully saturated rings. The van der Waals surface area contributed by atoms with Crippen molar-refractivity contribution in [3.63, 3.8) is 0 Å². The van der Waals surface area contributed by atoms with E-state index < -0.39 is 0 Å². The van der Waals surface area contributed by atoms with E-state index in [-0.39, 0.29) is 17.4 Å². The van der Waals surface area contributed by atoms with Crippen molar-refractivity contribution in [3.05, 3.63) is 50.7 Å². The molecule has 0 aromatic carbocycles. The van der Waals surface area contributed by atoms with Crippen LogP contribution < -0.4 is 5.56 Å². The molecular formula is C21H24N6O2. The number of aryl methyl sites for hydroxylation is 1. The molecule has 0 bridgehead atoms. The number of amides is 1. The van der Waals surface area contributed by atoms with Crippen molar-refractivity contribution in [2.24, 2.45) is 5.92 Å². The average molecular weight is 392 g/mol. The second kappa shape index (κ2) is 7.66. The Bertz CT molecular complexity index is 1090. The highest BCUT2D eigenvalue weighted by Crippen LogP contribution is 2.24. The summed E-state index contributed by atoms with van der Waals surface area (Å²) >= 11 is 0. The second-order valence-electron chi connectivity index (χ2n) is 7.59. The molecule has 29 heavy (non-hydrogen) atoms. The first kappa shape index (κ1) is 19.1. The number of hydrogen-bond acceptors (Lipinski definition) is 5. The molecule has 0 saturated heterocycles. The highest BCUT2D eigenvalue weighted by molar-refractivity contribution is 5.95. The molecule has 8 heteroatoms. The SMILES string of the molecule is CCC(C#N)C1=CCN(C(=O)c2cnn(-c3nc4c(c(=O)[nH]3)CCC4)c2C)CC1. The lowest BCUT2D eigenvalue weighted by molar-refractivity contribution is 0.0766. The van der Waals surface area contributed by atoms with Gasteiger partial charge in [-0.1, -0.05) is 18.6 Å². The van der Waals surface area contributed by atoms with Crippen molar-refractivity contribution in [2.75, 3.05) is 13.1 Å². The molecule has 2 aromatic heterocycles. The average Bonchev–Trinajstić information content (AvgIpc) is 3.36. The van der Waals surface area contributed by atoms with Gasteiger partial charge < -0.3 is 4.90 Å². The van der Waals surface area contributed by atoms with E-state index in [1.165, 1.54) is 10.9 Å². The third-order valence-corrected chi connectivity index (χ3v) is 5.91. The number of fused-ring (bicyclic) bond motifs is 1. The normalized spacial score (nSPS) is 16.9. The topological polar surface area (TPSA) is 108 Å². The first-order chi connectivity index (χ1) is 14.0. The minimum absolute atomic E-state index is 0.0700. The fraction of sp³-hybridized carbons (Fsp3) is 0.476. The monoisotopic (exact) mass is 392 g/mol. The fourth-order valence-corrected chi connectivity index (χ4v) is 4.15. The van der Waals surface area contributed by atoms with Crippen LogP contribution in [0.3, 0.4) is 0 Å². The van der Waals surface area contributed by atoms with Gasteiger partial charge in [0.25, 0.3) is 11.5 Å². The van der Waals surface area contributed by atoms with E-state index >= 15 is 0 Å². The lowest BCUT2D eigenvalue weighted by Gasteiger charge is -2.27. The van der Waals surface area contributed by atoms with Gasteiger partial charge in [-0.2, -0.15) is 10.4 Å².